The normalized spacial score (nSPS) is 23.2. The summed E-state index contributed by atoms with van der Waals surface area (Å²) in [5.41, 5.74) is 0.624. The third-order valence-corrected chi connectivity index (χ3v) is 3.13. The molecular weight excluding hydrogens is 172 g/mol. The minimum absolute atomic E-state index is 0.128. The molecule has 68 valence electrons. The number of thiol groups is 1. The summed E-state index contributed by atoms with van der Waals surface area (Å²) >= 11 is 1.26. The Labute approximate surface area is 77.4 Å². The fraction of sp³-hybridized carbons (Fsp3) is 0.667. The Balaban J connectivity index is 2.29. The summed E-state index contributed by atoms with van der Waals surface area (Å²) < 4.78 is 5.20. The number of carbonyl (C=O) groups excluding carboxylic acids is 1. The molecule has 2 nitrogen and oxygen atoms in total. The third-order valence-electron chi connectivity index (χ3n) is 1.78. The van der Waals surface area contributed by atoms with Gasteiger partial charge >= 0.3 is 5.97 Å². The van der Waals surface area contributed by atoms with Crippen LogP contribution in [0.1, 0.15) is 26.2 Å². The van der Waals surface area contributed by atoms with Gasteiger partial charge in [0.05, 0.1) is 0 Å². The molecule has 12 heavy (non-hydrogen) atoms. The molecule has 0 aromatic carbocycles. The van der Waals surface area contributed by atoms with Crippen molar-refractivity contribution in [3.63, 3.8) is 0 Å². The highest BCUT2D eigenvalue weighted by Gasteiger charge is 2.24. The maximum atomic E-state index is 11.1. The van der Waals surface area contributed by atoms with Crippen LogP contribution in [-0.2, 0) is 21.3 Å². The lowest BCUT2D eigenvalue weighted by molar-refractivity contribution is -0.140. The van der Waals surface area contributed by atoms with Gasteiger partial charge in [-0.25, -0.2) is 4.79 Å². The van der Waals surface area contributed by atoms with E-state index in [1.54, 1.807) is 6.92 Å². The van der Waals surface area contributed by atoms with Crippen molar-refractivity contribution >= 4 is 17.7 Å². The molecule has 1 fully saturated rings. The lowest BCUT2D eigenvalue weighted by atomic mass is 10.2. The fourth-order valence-electron chi connectivity index (χ4n) is 1.08. The van der Waals surface area contributed by atoms with E-state index in [1.807, 2.05) is 0 Å². The molecule has 0 aliphatic carbocycles. The van der Waals surface area contributed by atoms with Crippen molar-refractivity contribution in [2.75, 3.05) is 5.75 Å². The molecule has 1 rings (SSSR count). The van der Waals surface area contributed by atoms with Crippen LogP contribution in [0, 0.1) is 0 Å². The second-order valence-corrected chi connectivity index (χ2v) is 4.43. The van der Waals surface area contributed by atoms with Crippen molar-refractivity contribution in [2.45, 2.75) is 31.6 Å². The first kappa shape index (κ1) is 9.65. The highest BCUT2D eigenvalue weighted by atomic mass is 32.2. The molecule has 0 aromatic rings. The van der Waals surface area contributed by atoms with Gasteiger partial charge < -0.3 is 4.74 Å². The van der Waals surface area contributed by atoms with Crippen molar-refractivity contribution < 1.29 is 9.53 Å². The predicted octanol–water partition coefficient (Wildman–Crippen LogP) is 1.43. The van der Waals surface area contributed by atoms with E-state index in [0.29, 0.717) is 5.57 Å². The van der Waals surface area contributed by atoms with Crippen LogP contribution in [0.25, 0.3) is 0 Å². The summed E-state index contributed by atoms with van der Waals surface area (Å²) in [6.07, 6.45) is 3.46. The standard InChI is InChI=1S/C9H14O2S/c1-7(2)9(10)11-8-5-3-4-6-12-8/h8H,1,3-6H2,2H3/p+1. The average Bonchev–Trinajstić information content (AvgIpc) is 2.06. The molecule has 0 saturated carbocycles. The monoisotopic (exact) mass is 187 g/mol. The van der Waals surface area contributed by atoms with Gasteiger partial charge in [0.15, 0.2) is 0 Å². The van der Waals surface area contributed by atoms with E-state index in [1.165, 1.54) is 24.6 Å². The Kier molecular flexibility index (Phi) is 3.66. The van der Waals surface area contributed by atoms with Crippen LogP contribution >= 0.6 is 0 Å². The Morgan fingerprint density at radius 1 is 1.58 bits per heavy atom. The average molecular weight is 187 g/mol. The zero-order chi connectivity index (χ0) is 8.97. The van der Waals surface area contributed by atoms with Gasteiger partial charge in [0.2, 0.25) is 0 Å². The Morgan fingerprint density at radius 3 is 2.83 bits per heavy atom. The number of carbonyl (C=O) groups is 1. The molecule has 0 N–H and O–H groups in total. The van der Waals surface area contributed by atoms with E-state index < -0.39 is 0 Å². The number of ether oxygens (including phenoxy) is 1. The van der Waals surface area contributed by atoms with Crippen LogP contribution < -0.4 is 0 Å². The van der Waals surface area contributed by atoms with E-state index >= 15 is 0 Å². The van der Waals surface area contributed by atoms with Crippen molar-refractivity contribution in [1.29, 1.82) is 0 Å². The highest BCUT2D eigenvalue weighted by Crippen LogP contribution is 2.15. The molecular formula is C9H15O2S+. The molecule has 1 aliphatic rings. The molecule has 0 bridgehead atoms. The summed E-state index contributed by atoms with van der Waals surface area (Å²) in [7, 11) is 0. The molecule has 0 spiro atoms. The molecule has 0 radical (unpaired) electrons. The van der Waals surface area contributed by atoms with Gasteiger partial charge in [-0.15, -0.1) is 0 Å². The Morgan fingerprint density at radius 2 is 2.33 bits per heavy atom. The van der Waals surface area contributed by atoms with Crippen LogP contribution in [0.5, 0.6) is 0 Å². The highest BCUT2D eigenvalue weighted by molar-refractivity contribution is 7.79. The van der Waals surface area contributed by atoms with Gasteiger partial charge in [0.25, 0.3) is 5.44 Å². The van der Waals surface area contributed by atoms with E-state index in [0.717, 1.165) is 12.2 Å². The van der Waals surface area contributed by atoms with Crippen molar-refractivity contribution in [3.05, 3.63) is 12.2 Å². The van der Waals surface area contributed by atoms with Gasteiger partial charge in [-0.1, -0.05) is 6.58 Å². The topological polar surface area (TPSA) is 26.3 Å². The smallest absolute Gasteiger partial charge is 0.337 e. The fourth-order valence-corrected chi connectivity index (χ4v) is 2.31. The lowest BCUT2D eigenvalue weighted by Crippen LogP contribution is -2.24. The molecule has 1 saturated heterocycles. The zero-order valence-electron chi connectivity index (χ0n) is 7.38. The number of rotatable bonds is 2. The van der Waals surface area contributed by atoms with E-state index in [-0.39, 0.29) is 11.4 Å². The first-order chi connectivity index (χ1) is 5.70. The van der Waals surface area contributed by atoms with Crippen LogP contribution in [0.3, 0.4) is 0 Å². The second kappa shape index (κ2) is 4.55. The van der Waals surface area contributed by atoms with Gasteiger partial charge in [0, 0.05) is 23.8 Å². The molecule has 1 atom stereocenters. The lowest BCUT2D eigenvalue weighted by Gasteiger charge is -2.14. The Bertz CT molecular complexity index is 183. The van der Waals surface area contributed by atoms with Crippen LogP contribution in [0.15, 0.2) is 12.2 Å². The second-order valence-electron chi connectivity index (χ2n) is 3.04. The Hall–Kier alpha value is -0.440. The maximum absolute atomic E-state index is 11.1. The molecule has 1 aliphatic heterocycles. The van der Waals surface area contributed by atoms with Crippen molar-refractivity contribution in [1.82, 2.24) is 0 Å². The SMILES string of the molecule is C=C(C)C(=O)OC1CCCC[SH+]1. The zero-order valence-corrected chi connectivity index (χ0v) is 8.27. The largest absolute Gasteiger partial charge is 0.413 e. The van der Waals surface area contributed by atoms with E-state index in [9.17, 15) is 4.79 Å². The van der Waals surface area contributed by atoms with Gasteiger partial charge in [-0.2, -0.15) is 0 Å². The summed E-state index contributed by atoms with van der Waals surface area (Å²) in [6, 6.07) is 0. The first-order valence-corrected chi connectivity index (χ1v) is 5.38. The van der Waals surface area contributed by atoms with Gasteiger partial charge in [-0.05, 0) is 19.8 Å². The van der Waals surface area contributed by atoms with Gasteiger partial charge in [-0.3, -0.25) is 0 Å². The minimum Gasteiger partial charge on any atom is -0.413 e. The maximum Gasteiger partial charge on any atom is 0.337 e. The van der Waals surface area contributed by atoms with Crippen LogP contribution in [-0.4, -0.2) is 17.2 Å². The minimum atomic E-state index is -0.241. The number of esters is 1. The first-order valence-electron chi connectivity index (χ1n) is 4.23. The molecule has 1 unspecified atom stereocenters. The summed E-state index contributed by atoms with van der Waals surface area (Å²) in [4.78, 5) is 11.1. The molecule has 0 aromatic heterocycles. The summed E-state index contributed by atoms with van der Waals surface area (Å²) in [5.74, 6) is 0.920. The van der Waals surface area contributed by atoms with Crippen LogP contribution in [0.4, 0.5) is 0 Å². The number of hydrogen-bond donors (Lipinski definition) is 0. The van der Waals surface area contributed by atoms with Crippen LogP contribution in [0.2, 0.25) is 0 Å². The molecule has 1 heterocycles. The molecule has 0 amide bonds. The predicted molar refractivity (Wildman–Crippen MR) is 52.2 cm³/mol. The van der Waals surface area contributed by atoms with Crippen molar-refractivity contribution in [2.24, 2.45) is 0 Å². The van der Waals surface area contributed by atoms with Gasteiger partial charge in [0.1, 0.15) is 5.75 Å². The molecule has 3 heteroatoms. The quantitative estimate of drug-likeness (QED) is 0.283. The number of hydrogen-bond acceptors (Lipinski definition) is 2. The van der Waals surface area contributed by atoms with E-state index in [4.69, 9.17) is 4.74 Å². The van der Waals surface area contributed by atoms with E-state index in [2.05, 4.69) is 6.58 Å². The summed E-state index contributed by atoms with van der Waals surface area (Å²) in [5, 5.41) is 0. The summed E-state index contributed by atoms with van der Waals surface area (Å²) in [6.45, 7) is 5.23. The third kappa shape index (κ3) is 2.89. The van der Waals surface area contributed by atoms with Crippen molar-refractivity contribution in [3.8, 4) is 0 Å².